The van der Waals surface area contributed by atoms with Crippen molar-refractivity contribution in [3.63, 3.8) is 0 Å². The van der Waals surface area contributed by atoms with Gasteiger partial charge < -0.3 is 4.74 Å². The van der Waals surface area contributed by atoms with Crippen molar-refractivity contribution in [3.05, 3.63) is 35.4 Å². The molecule has 2 atom stereocenters. The van der Waals surface area contributed by atoms with Crippen molar-refractivity contribution in [2.24, 2.45) is 5.92 Å². The third-order valence-corrected chi connectivity index (χ3v) is 3.61. The maximum Gasteiger partial charge on any atom is 0.309 e. The Bertz CT molecular complexity index is 394. The Labute approximate surface area is 109 Å². The number of aryl methyl sites for hydroxylation is 1. The number of carbonyl (C=O) groups is 1. The number of carbonyl (C=O) groups excluding carboxylic acids is 1. The van der Waals surface area contributed by atoms with Crippen LogP contribution in [0.25, 0.3) is 0 Å². The molecule has 0 heterocycles. The van der Waals surface area contributed by atoms with Gasteiger partial charge in [-0.1, -0.05) is 37.6 Å². The first-order valence-electron chi connectivity index (χ1n) is 7.01. The molecule has 0 aromatic heterocycles. The van der Waals surface area contributed by atoms with E-state index in [2.05, 4.69) is 31.2 Å². The molecule has 2 nitrogen and oxygen atoms in total. The van der Waals surface area contributed by atoms with Gasteiger partial charge in [-0.15, -0.1) is 0 Å². The third kappa shape index (κ3) is 3.12. The number of unbranched alkanes of at least 4 members (excludes halogenated alkanes) is 1. The first-order chi connectivity index (χ1) is 8.76. The van der Waals surface area contributed by atoms with Crippen molar-refractivity contribution in [1.29, 1.82) is 0 Å². The first-order valence-corrected chi connectivity index (χ1v) is 7.01. The van der Waals surface area contributed by atoms with Crippen molar-refractivity contribution in [3.8, 4) is 0 Å². The van der Waals surface area contributed by atoms with E-state index in [0.29, 0.717) is 12.5 Å². The highest BCUT2D eigenvalue weighted by Crippen LogP contribution is 2.48. The summed E-state index contributed by atoms with van der Waals surface area (Å²) in [7, 11) is 0. The van der Waals surface area contributed by atoms with Crippen LogP contribution in [0.1, 0.15) is 50.2 Å². The molecular formula is C16H22O2. The van der Waals surface area contributed by atoms with Gasteiger partial charge in [-0.25, -0.2) is 0 Å². The highest BCUT2D eigenvalue weighted by atomic mass is 16.5. The average Bonchev–Trinajstić information content (AvgIpc) is 3.17. The van der Waals surface area contributed by atoms with Crippen LogP contribution in [0.5, 0.6) is 0 Å². The van der Waals surface area contributed by atoms with Crippen LogP contribution in [-0.4, -0.2) is 12.6 Å². The van der Waals surface area contributed by atoms with Gasteiger partial charge in [0.25, 0.3) is 0 Å². The molecule has 18 heavy (non-hydrogen) atoms. The van der Waals surface area contributed by atoms with Gasteiger partial charge in [-0.05, 0) is 43.2 Å². The Kier molecular flexibility index (Phi) is 4.40. The number of hydrogen-bond acceptors (Lipinski definition) is 2. The van der Waals surface area contributed by atoms with Crippen molar-refractivity contribution in [2.45, 2.75) is 45.4 Å². The lowest BCUT2D eigenvalue weighted by Crippen LogP contribution is -2.07. The molecule has 0 N–H and O–H groups in total. The normalized spacial score (nSPS) is 21.7. The highest BCUT2D eigenvalue weighted by Gasteiger charge is 2.44. The van der Waals surface area contributed by atoms with Crippen LogP contribution >= 0.6 is 0 Å². The molecule has 1 aromatic carbocycles. The summed E-state index contributed by atoms with van der Waals surface area (Å²) in [5.74, 6) is 0.466. The first kappa shape index (κ1) is 13.1. The van der Waals surface area contributed by atoms with Crippen LogP contribution in [0.15, 0.2) is 24.3 Å². The van der Waals surface area contributed by atoms with Crippen LogP contribution in [0.3, 0.4) is 0 Å². The monoisotopic (exact) mass is 246 g/mol. The number of ether oxygens (including phenoxy) is 1. The lowest BCUT2D eigenvalue weighted by atomic mass is 10.0. The minimum atomic E-state index is -0.0300. The van der Waals surface area contributed by atoms with Gasteiger partial charge in [-0.2, -0.15) is 0 Å². The zero-order valence-corrected chi connectivity index (χ0v) is 11.3. The van der Waals surface area contributed by atoms with Gasteiger partial charge in [-0.3, -0.25) is 4.79 Å². The molecule has 1 saturated carbocycles. The van der Waals surface area contributed by atoms with Crippen molar-refractivity contribution in [2.75, 3.05) is 6.61 Å². The maximum atomic E-state index is 11.6. The molecule has 2 rings (SSSR count). The molecule has 0 aliphatic heterocycles. The van der Waals surface area contributed by atoms with Crippen molar-refractivity contribution >= 4 is 5.97 Å². The smallest absolute Gasteiger partial charge is 0.309 e. The minimum absolute atomic E-state index is 0.0300. The predicted molar refractivity (Wildman–Crippen MR) is 72.5 cm³/mol. The third-order valence-electron chi connectivity index (χ3n) is 3.61. The van der Waals surface area contributed by atoms with Gasteiger partial charge in [0, 0.05) is 0 Å². The molecule has 98 valence electrons. The Morgan fingerprint density at radius 3 is 2.61 bits per heavy atom. The zero-order chi connectivity index (χ0) is 13.0. The van der Waals surface area contributed by atoms with E-state index in [9.17, 15) is 4.79 Å². The molecule has 0 unspecified atom stereocenters. The van der Waals surface area contributed by atoms with Gasteiger partial charge in [0.05, 0.1) is 12.5 Å². The van der Waals surface area contributed by atoms with E-state index in [1.807, 2.05) is 6.92 Å². The summed E-state index contributed by atoms with van der Waals surface area (Å²) in [6.45, 7) is 4.55. The second-order valence-electron chi connectivity index (χ2n) is 5.05. The second kappa shape index (κ2) is 6.03. The fourth-order valence-corrected chi connectivity index (χ4v) is 2.39. The van der Waals surface area contributed by atoms with Gasteiger partial charge in [0.2, 0.25) is 0 Å². The van der Waals surface area contributed by atoms with Crippen molar-refractivity contribution < 1.29 is 9.53 Å². The topological polar surface area (TPSA) is 26.3 Å². The van der Waals surface area contributed by atoms with Crippen molar-refractivity contribution in [1.82, 2.24) is 0 Å². The number of esters is 1. The summed E-state index contributed by atoms with van der Waals surface area (Å²) in [4.78, 5) is 11.6. The molecule has 1 aromatic rings. The van der Waals surface area contributed by atoms with E-state index in [1.54, 1.807) is 0 Å². The van der Waals surface area contributed by atoms with Crippen LogP contribution in [0.2, 0.25) is 0 Å². The molecule has 0 spiro atoms. The number of rotatable bonds is 6. The molecule has 0 radical (unpaired) electrons. The summed E-state index contributed by atoms with van der Waals surface area (Å²) in [6, 6.07) is 8.75. The summed E-state index contributed by atoms with van der Waals surface area (Å²) in [5.41, 5.74) is 2.68. The van der Waals surface area contributed by atoms with Crippen LogP contribution in [0, 0.1) is 5.92 Å². The molecular weight excluding hydrogens is 224 g/mol. The van der Waals surface area contributed by atoms with E-state index in [4.69, 9.17) is 4.74 Å². The molecule has 1 aliphatic rings. The van der Waals surface area contributed by atoms with Crippen LogP contribution in [0.4, 0.5) is 0 Å². The quantitative estimate of drug-likeness (QED) is 0.715. The Morgan fingerprint density at radius 1 is 1.28 bits per heavy atom. The fraction of sp³-hybridized carbons (Fsp3) is 0.562. The van der Waals surface area contributed by atoms with Crippen LogP contribution < -0.4 is 0 Å². The van der Waals surface area contributed by atoms with Gasteiger partial charge in [0.15, 0.2) is 0 Å². The standard InChI is InChI=1S/C16H22O2/c1-3-5-6-12-7-9-13(10-8-12)14-11-15(14)16(17)18-4-2/h7-10,14-15H,3-6,11H2,1-2H3/t14-,15-/m1/s1. The maximum absolute atomic E-state index is 11.6. The summed E-state index contributed by atoms with van der Waals surface area (Å²) >= 11 is 0. The summed E-state index contributed by atoms with van der Waals surface area (Å²) < 4.78 is 5.06. The Hall–Kier alpha value is -1.31. The molecule has 2 heteroatoms. The van der Waals surface area contributed by atoms with E-state index in [-0.39, 0.29) is 11.9 Å². The largest absolute Gasteiger partial charge is 0.466 e. The van der Waals surface area contributed by atoms with E-state index in [1.165, 1.54) is 24.0 Å². The second-order valence-corrected chi connectivity index (χ2v) is 5.05. The molecule has 1 aliphatic carbocycles. The Morgan fingerprint density at radius 2 is 2.00 bits per heavy atom. The minimum Gasteiger partial charge on any atom is -0.466 e. The zero-order valence-electron chi connectivity index (χ0n) is 11.3. The molecule has 0 amide bonds. The lowest BCUT2D eigenvalue weighted by molar-refractivity contribution is -0.144. The molecule has 0 saturated heterocycles. The summed E-state index contributed by atoms with van der Waals surface area (Å²) in [6.07, 6.45) is 4.58. The van der Waals surface area contributed by atoms with E-state index in [0.717, 1.165) is 12.8 Å². The molecule has 0 bridgehead atoms. The lowest BCUT2D eigenvalue weighted by Gasteiger charge is -2.04. The van der Waals surface area contributed by atoms with E-state index < -0.39 is 0 Å². The highest BCUT2D eigenvalue weighted by molar-refractivity contribution is 5.77. The predicted octanol–water partition coefficient (Wildman–Crippen LogP) is 3.70. The number of hydrogen-bond donors (Lipinski definition) is 0. The fourth-order valence-electron chi connectivity index (χ4n) is 2.39. The average molecular weight is 246 g/mol. The molecule has 1 fully saturated rings. The SMILES string of the molecule is CCCCc1ccc([C@H]2C[C@H]2C(=O)OCC)cc1. The van der Waals surface area contributed by atoms with Gasteiger partial charge >= 0.3 is 5.97 Å². The summed E-state index contributed by atoms with van der Waals surface area (Å²) in [5, 5.41) is 0. The van der Waals surface area contributed by atoms with Gasteiger partial charge in [0.1, 0.15) is 0 Å². The van der Waals surface area contributed by atoms with E-state index >= 15 is 0 Å². The number of benzene rings is 1. The van der Waals surface area contributed by atoms with Crippen LogP contribution in [-0.2, 0) is 16.0 Å². The Balaban J connectivity index is 1.90.